The second-order valence-electron chi connectivity index (χ2n) is 10.4. The monoisotopic (exact) mass is 463 g/mol. The first kappa shape index (κ1) is 21.4. The van der Waals surface area contributed by atoms with Gasteiger partial charge >= 0.3 is 6.09 Å². The van der Waals surface area contributed by atoms with Gasteiger partial charge in [-0.2, -0.15) is 0 Å². The van der Waals surface area contributed by atoms with Gasteiger partial charge in [-0.1, -0.05) is 6.07 Å². The lowest BCUT2D eigenvalue weighted by atomic mass is 10.1. The van der Waals surface area contributed by atoms with Gasteiger partial charge in [0.05, 0.1) is 5.39 Å². The quantitative estimate of drug-likeness (QED) is 0.543. The summed E-state index contributed by atoms with van der Waals surface area (Å²) in [6.45, 7) is 7.42. The van der Waals surface area contributed by atoms with E-state index in [-0.39, 0.29) is 29.6 Å². The fraction of sp³-hybridized carbons (Fsp3) is 0.500. The van der Waals surface area contributed by atoms with Crippen LogP contribution in [-0.2, 0) is 4.74 Å². The highest BCUT2D eigenvalue weighted by molar-refractivity contribution is 5.93. The van der Waals surface area contributed by atoms with Crippen LogP contribution in [-0.4, -0.2) is 56.3 Å². The minimum atomic E-state index is -0.283. The SMILES string of the molecule is C[C@@H]1CN(c2ncnc3c2c(C2CC2)cn3-c2cccc(F)c2)[C@@H](C)CN1C(=O)OC1(C)CC1. The second kappa shape index (κ2) is 7.68. The molecule has 0 N–H and O–H groups in total. The lowest BCUT2D eigenvalue weighted by Crippen LogP contribution is -2.59. The van der Waals surface area contributed by atoms with E-state index >= 15 is 0 Å². The lowest BCUT2D eigenvalue weighted by molar-refractivity contribution is 0.0421. The highest BCUT2D eigenvalue weighted by Gasteiger charge is 2.44. The van der Waals surface area contributed by atoms with E-state index in [1.807, 2.05) is 22.5 Å². The van der Waals surface area contributed by atoms with Crippen molar-refractivity contribution >= 4 is 22.9 Å². The smallest absolute Gasteiger partial charge is 0.410 e. The molecule has 2 aliphatic carbocycles. The summed E-state index contributed by atoms with van der Waals surface area (Å²) in [5, 5.41) is 1.04. The van der Waals surface area contributed by atoms with Gasteiger partial charge in [-0.05, 0) is 76.1 Å². The Kier molecular flexibility index (Phi) is 4.83. The third-order valence-corrected chi connectivity index (χ3v) is 7.48. The average molecular weight is 464 g/mol. The van der Waals surface area contributed by atoms with E-state index in [2.05, 4.69) is 29.9 Å². The first-order valence-corrected chi connectivity index (χ1v) is 12.2. The van der Waals surface area contributed by atoms with Crippen molar-refractivity contribution in [1.82, 2.24) is 19.4 Å². The highest BCUT2D eigenvalue weighted by atomic mass is 19.1. The van der Waals surface area contributed by atoms with E-state index in [0.717, 1.165) is 48.2 Å². The normalized spacial score (nSPS) is 23.9. The van der Waals surface area contributed by atoms with Gasteiger partial charge in [0, 0.05) is 37.1 Å². The van der Waals surface area contributed by atoms with Gasteiger partial charge in [0.25, 0.3) is 0 Å². The number of ether oxygens (including phenoxy) is 1. The van der Waals surface area contributed by atoms with Crippen LogP contribution >= 0.6 is 0 Å². The molecule has 1 amide bonds. The Balaban J connectivity index is 1.37. The third-order valence-electron chi connectivity index (χ3n) is 7.48. The van der Waals surface area contributed by atoms with Gasteiger partial charge in [0.2, 0.25) is 0 Å². The maximum absolute atomic E-state index is 14.0. The number of carbonyl (C=O) groups excluding carboxylic acids is 1. The summed E-state index contributed by atoms with van der Waals surface area (Å²) < 4.78 is 21.7. The maximum atomic E-state index is 14.0. The van der Waals surface area contributed by atoms with Crippen LogP contribution in [0, 0.1) is 5.82 Å². The first-order chi connectivity index (χ1) is 16.3. The molecule has 0 radical (unpaired) electrons. The number of amides is 1. The molecule has 0 spiro atoms. The zero-order valence-corrected chi connectivity index (χ0v) is 19.9. The molecule has 1 saturated heterocycles. The Hall–Kier alpha value is -3.16. The van der Waals surface area contributed by atoms with Crippen LogP contribution in [0.3, 0.4) is 0 Å². The molecule has 7 nitrogen and oxygen atoms in total. The molecule has 2 atom stereocenters. The van der Waals surface area contributed by atoms with Gasteiger partial charge in [-0.15, -0.1) is 0 Å². The molecule has 1 aromatic carbocycles. The largest absolute Gasteiger partial charge is 0.443 e. The molecule has 2 aromatic heterocycles. The van der Waals surface area contributed by atoms with Crippen molar-refractivity contribution in [3.63, 3.8) is 0 Å². The van der Waals surface area contributed by atoms with Gasteiger partial charge in [-0.25, -0.2) is 19.2 Å². The summed E-state index contributed by atoms with van der Waals surface area (Å²) in [6.07, 6.45) is 7.63. The van der Waals surface area contributed by atoms with Crippen LogP contribution in [0.15, 0.2) is 36.8 Å². The lowest BCUT2D eigenvalue weighted by Gasteiger charge is -2.44. The van der Waals surface area contributed by atoms with E-state index in [1.165, 1.54) is 17.7 Å². The Morgan fingerprint density at radius 3 is 2.65 bits per heavy atom. The number of benzene rings is 1. The number of rotatable bonds is 4. The van der Waals surface area contributed by atoms with Crippen LogP contribution in [0.4, 0.5) is 15.0 Å². The third kappa shape index (κ3) is 3.69. The van der Waals surface area contributed by atoms with E-state index in [1.54, 1.807) is 12.4 Å². The summed E-state index contributed by atoms with van der Waals surface area (Å²) in [6, 6.07) is 6.67. The first-order valence-electron chi connectivity index (χ1n) is 12.2. The van der Waals surface area contributed by atoms with Gasteiger partial charge < -0.3 is 19.1 Å². The van der Waals surface area contributed by atoms with Crippen molar-refractivity contribution < 1.29 is 13.9 Å². The predicted octanol–water partition coefficient (Wildman–Crippen LogP) is 5.03. The van der Waals surface area contributed by atoms with Crippen LogP contribution in [0.2, 0.25) is 0 Å². The van der Waals surface area contributed by atoms with Crippen LogP contribution in [0.25, 0.3) is 16.7 Å². The molecule has 3 aromatic rings. The maximum Gasteiger partial charge on any atom is 0.410 e. The van der Waals surface area contributed by atoms with E-state index in [9.17, 15) is 9.18 Å². The number of anilines is 1. The number of aromatic nitrogens is 3. The molecule has 8 heteroatoms. The minimum absolute atomic E-state index is 0.00857. The predicted molar refractivity (Wildman–Crippen MR) is 128 cm³/mol. The number of carbonyl (C=O) groups is 1. The molecule has 178 valence electrons. The molecular weight excluding hydrogens is 433 g/mol. The van der Waals surface area contributed by atoms with Crippen LogP contribution in [0.1, 0.15) is 57.9 Å². The van der Waals surface area contributed by atoms with Crippen molar-refractivity contribution in [1.29, 1.82) is 0 Å². The molecule has 1 aliphatic heterocycles. The second-order valence-corrected chi connectivity index (χ2v) is 10.4. The summed E-state index contributed by atoms with van der Waals surface area (Å²) in [5.74, 6) is 1.10. The molecule has 34 heavy (non-hydrogen) atoms. The highest BCUT2D eigenvalue weighted by Crippen LogP contribution is 2.46. The minimum Gasteiger partial charge on any atom is -0.443 e. The molecule has 3 heterocycles. The van der Waals surface area contributed by atoms with Crippen molar-refractivity contribution in [2.24, 2.45) is 0 Å². The van der Waals surface area contributed by atoms with Gasteiger partial charge in [0.15, 0.2) is 0 Å². The molecule has 3 fully saturated rings. The Labute approximate surface area is 198 Å². The standard InChI is InChI=1S/C26H30FN5O2/c1-16-13-31(25(33)34-26(3)9-10-26)17(2)12-30(16)23-22-21(18-7-8-18)14-32(24(22)29-15-28-23)20-6-4-5-19(27)11-20/h4-6,11,14-18H,7-10,12-13H2,1-3H3/t16-,17+/m0/s1. The average Bonchev–Trinajstić information content (AvgIpc) is 3.74. The summed E-state index contributed by atoms with van der Waals surface area (Å²) in [5.41, 5.74) is 2.48. The van der Waals surface area contributed by atoms with Crippen molar-refractivity contribution in [3.8, 4) is 5.69 Å². The number of hydrogen-bond donors (Lipinski definition) is 0. The zero-order chi connectivity index (χ0) is 23.6. The van der Waals surface area contributed by atoms with Crippen molar-refractivity contribution in [2.45, 2.75) is 70.1 Å². The fourth-order valence-corrected chi connectivity index (χ4v) is 5.04. The van der Waals surface area contributed by atoms with Gasteiger partial charge in [-0.3, -0.25) is 0 Å². The Morgan fingerprint density at radius 1 is 1.15 bits per heavy atom. The number of piperazine rings is 1. The number of fused-ring (bicyclic) bond motifs is 1. The molecule has 3 aliphatic rings. The van der Waals surface area contributed by atoms with Crippen LogP contribution in [0.5, 0.6) is 0 Å². The zero-order valence-electron chi connectivity index (χ0n) is 19.9. The Morgan fingerprint density at radius 2 is 1.94 bits per heavy atom. The van der Waals surface area contributed by atoms with Gasteiger partial charge in [0.1, 0.15) is 29.2 Å². The van der Waals surface area contributed by atoms with E-state index in [4.69, 9.17) is 9.72 Å². The summed E-state index contributed by atoms with van der Waals surface area (Å²) >= 11 is 0. The number of hydrogen-bond acceptors (Lipinski definition) is 5. The van der Waals surface area contributed by atoms with Crippen LogP contribution < -0.4 is 4.90 Å². The molecular formula is C26H30FN5O2. The van der Waals surface area contributed by atoms with E-state index < -0.39 is 0 Å². The fourth-order valence-electron chi connectivity index (χ4n) is 5.04. The Bertz CT molecular complexity index is 1270. The molecule has 6 rings (SSSR count). The molecule has 0 bridgehead atoms. The number of halogens is 1. The topological polar surface area (TPSA) is 63.5 Å². The van der Waals surface area contributed by atoms with Crippen molar-refractivity contribution in [2.75, 3.05) is 18.0 Å². The van der Waals surface area contributed by atoms with E-state index in [0.29, 0.717) is 19.0 Å². The number of nitrogens with zero attached hydrogens (tertiary/aromatic N) is 5. The summed E-state index contributed by atoms with van der Waals surface area (Å²) in [4.78, 5) is 26.3. The molecule has 2 saturated carbocycles. The summed E-state index contributed by atoms with van der Waals surface area (Å²) in [7, 11) is 0. The van der Waals surface area contributed by atoms with Crippen molar-refractivity contribution in [3.05, 3.63) is 48.2 Å². The molecule has 0 unspecified atom stereocenters.